The first-order valence-corrected chi connectivity index (χ1v) is 5.76. The lowest BCUT2D eigenvalue weighted by Crippen LogP contribution is -2.18. The molecule has 0 atom stereocenters. The summed E-state index contributed by atoms with van der Waals surface area (Å²) in [7, 11) is 0. The Morgan fingerprint density at radius 2 is 2.06 bits per heavy atom. The summed E-state index contributed by atoms with van der Waals surface area (Å²) in [6, 6.07) is 10.4. The van der Waals surface area contributed by atoms with Gasteiger partial charge in [0.15, 0.2) is 0 Å². The van der Waals surface area contributed by atoms with Crippen LogP contribution in [0.2, 0.25) is 0 Å². The molecule has 17 heavy (non-hydrogen) atoms. The van der Waals surface area contributed by atoms with Gasteiger partial charge in [-0.15, -0.1) is 0 Å². The van der Waals surface area contributed by atoms with Gasteiger partial charge in [0, 0.05) is 17.8 Å². The summed E-state index contributed by atoms with van der Waals surface area (Å²) >= 11 is 0. The first-order valence-electron chi connectivity index (χ1n) is 5.76. The summed E-state index contributed by atoms with van der Waals surface area (Å²) < 4.78 is 1.85. The molecule has 4 heteroatoms. The van der Waals surface area contributed by atoms with Crippen molar-refractivity contribution in [3.63, 3.8) is 0 Å². The average Bonchev–Trinajstić information content (AvgIpc) is 2.94. The Morgan fingerprint density at radius 3 is 2.59 bits per heavy atom. The lowest BCUT2D eigenvalue weighted by molar-refractivity contribution is 0.116. The predicted octanol–water partition coefficient (Wildman–Crippen LogP) is 1.79. The Hall–Kier alpha value is -1.65. The Bertz CT molecular complexity index is 486. The van der Waals surface area contributed by atoms with E-state index in [0.29, 0.717) is 6.61 Å². The minimum atomic E-state index is 0.164. The quantitative estimate of drug-likeness (QED) is 0.813. The summed E-state index contributed by atoms with van der Waals surface area (Å²) in [4.78, 5) is 4.81. The monoisotopic (exact) mass is 229 g/mol. The van der Waals surface area contributed by atoms with Gasteiger partial charge in [-0.05, 0) is 36.6 Å². The second-order valence-electron chi connectivity index (χ2n) is 4.59. The third kappa shape index (κ3) is 1.85. The summed E-state index contributed by atoms with van der Waals surface area (Å²) in [5.41, 5.74) is 2.54. The largest absolute Gasteiger partial charge is 0.304 e. The maximum absolute atomic E-state index is 5.18. The van der Waals surface area contributed by atoms with E-state index >= 15 is 0 Å². The molecule has 0 amide bonds. The van der Waals surface area contributed by atoms with E-state index < -0.39 is 0 Å². The van der Waals surface area contributed by atoms with E-state index in [1.54, 1.807) is 6.20 Å². The molecule has 1 aromatic heterocycles. The SMILES string of the molecule is NOCC1(c2ccc(-n3cccn3)cc2)CC1. The van der Waals surface area contributed by atoms with Crippen LogP contribution in [0.15, 0.2) is 42.7 Å². The molecule has 0 bridgehead atoms. The van der Waals surface area contributed by atoms with Crippen LogP contribution in [0.5, 0.6) is 0 Å². The van der Waals surface area contributed by atoms with E-state index in [-0.39, 0.29) is 5.41 Å². The van der Waals surface area contributed by atoms with Crippen LogP contribution in [0.25, 0.3) is 5.69 Å². The molecular weight excluding hydrogens is 214 g/mol. The van der Waals surface area contributed by atoms with E-state index in [2.05, 4.69) is 29.4 Å². The van der Waals surface area contributed by atoms with E-state index in [4.69, 9.17) is 10.7 Å². The van der Waals surface area contributed by atoms with Gasteiger partial charge in [0.1, 0.15) is 0 Å². The summed E-state index contributed by atoms with van der Waals surface area (Å²) in [5.74, 6) is 5.18. The molecule has 0 saturated heterocycles. The van der Waals surface area contributed by atoms with Crippen LogP contribution in [0.1, 0.15) is 18.4 Å². The van der Waals surface area contributed by atoms with E-state index in [0.717, 1.165) is 18.5 Å². The first kappa shape index (κ1) is 10.5. The molecule has 0 aliphatic heterocycles. The van der Waals surface area contributed by atoms with Crippen molar-refractivity contribution in [3.8, 4) is 5.69 Å². The number of rotatable bonds is 4. The van der Waals surface area contributed by atoms with Crippen molar-refractivity contribution in [1.82, 2.24) is 9.78 Å². The second kappa shape index (κ2) is 3.98. The molecule has 3 rings (SSSR count). The van der Waals surface area contributed by atoms with Gasteiger partial charge < -0.3 is 4.84 Å². The highest BCUT2D eigenvalue weighted by Crippen LogP contribution is 2.48. The molecule has 88 valence electrons. The number of hydrogen-bond donors (Lipinski definition) is 1. The van der Waals surface area contributed by atoms with Gasteiger partial charge in [-0.25, -0.2) is 10.6 Å². The second-order valence-corrected chi connectivity index (χ2v) is 4.59. The summed E-state index contributed by atoms with van der Waals surface area (Å²) in [6.07, 6.45) is 6.03. The smallest absolute Gasteiger partial charge is 0.0775 e. The van der Waals surface area contributed by atoms with Gasteiger partial charge in [0.05, 0.1) is 12.3 Å². The zero-order chi connectivity index (χ0) is 11.7. The standard InChI is InChI=1S/C13H15N3O/c14-17-10-13(6-7-13)11-2-4-12(5-3-11)16-9-1-8-15-16/h1-5,8-9H,6-7,10,14H2. The number of nitrogens with two attached hydrogens (primary N) is 1. The van der Waals surface area contributed by atoms with Crippen molar-refractivity contribution >= 4 is 0 Å². The zero-order valence-electron chi connectivity index (χ0n) is 9.54. The molecule has 2 aromatic rings. The Labute approximate surface area is 100.0 Å². The van der Waals surface area contributed by atoms with Crippen molar-refractivity contribution in [2.24, 2.45) is 5.90 Å². The lowest BCUT2D eigenvalue weighted by Gasteiger charge is -2.14. The third-order valence-electron chi connectivity index (χ3n) is 3.46. The molecule has 0 unspecified atom stereocenters. The molecule has 1 fully saturated rings. The predicted molar refractivity (Wildman–Crippen MR) is 64.6 cm³/mol. The van der Waals surface area contributed by atoms with Crippen molar-refractivity contribution in [1.29, 1.82) is 0 Å². The van der Waals surface area contributed by atoms with Crippen molar-refractivity contribution in [2.45, 2.75) is 18.3 Å². The van der Waals surface area contributed by atoms with Gasteiger partial charge in [0.25, 0.3) is 0 Å². The Balaban J connectivity index is 1.86. The number of nitrogens with zero attached hydrogens (tertiary/aromatic N) is 2. The van der Waals surface area contributed by atoms with Gasteiger partial charge in [-0.3, -0.25) is 0 Å². The van der Waals surface area contributed by atoms with Crippen LogP contribution < -0.4 is 5.90 Å². The Morgan fingerprint density at radius 1 is 1.29 bits per heavy atom. The van der Waals surface area contributed by atoms with Crippen LogP contribution >= 0.6 is 0 Å². The molecular formula is C13H15N3O. The van der Waals surface area contributed by atoms with Crippen molar-refractivity contribution in [3.05, 3.63) is 48.3 Å². The van der Waals surface area contributed by atoms with Gasteiger partial charge in [-0.2, -0.15) is 5.10 Å². The van der Waals surface area contributed by atoms with E-state index in [1.165, 1.54) is 5.56 Å². The molecule has 1 aromatic carbocycles. The first-order chi connectivity index (χ1) is 8.34. The summed E-state index contributed by atoms with van der Waals surface area (Å²) in [5, 5.41) is 4.20. The highest BCUT2D eigenvalue weighted by Gasteiger charge is 2.44. The van der Waals surface area contributed by atoms with Crippen molar-refractivity contribution < 1.29 is 4.84 Å². The Kier molecular flexibility index (Phi) is 2.46. The highest BCUT2D eigenvalue weighted by atomic mass is 16.6. The van der Waals surface area contributed by atoms with E-state index in [9.17, 15) is 0 Å². The fourth-order valence-corrected chi connectivity index (χ4v) is 2.22. The lowest BCUT2D eigenvalue weighted by atomic mass is 9.97. The van der Waals surface area contributed by atoms with Gasteiger partial charge in [-0.1, -0.05) is 12.1 Å². The van der Waals surface area contributed by atoms with Crippen LogP contribution in [-0.2, 0) is 10.3 Å². The normalized spacial score (nSPS) is 17.0. The minimum absolute atomic E-state index is 0.164. The topological polar surface area (TPSA) is 53.1 Å². The molecule has 1 aliphatic carbocycles. The van der Waals surface area contributed by atoms with E-state index in [1.807, 2.05) is 16.9 Å². The van der Waals surface area contributed by atoms with Gasteiger partial charge in [0.2, 0.25) is 0 Å². The minimum Gasteiger partial charge on any atom is -0.304 e. The molecule has 1 saturated carbocycles. The molecule has 0 radical (unpaired) electrons. The maximum atomic E-state index is 5.18. The molecule has 0 spiro atoms. The van der Waals surface area contributed by atoms with Crippen molar-refractivity contribution in [2.75, 3.05) is 6.61 Å². The fourth-order valence-electron chi connectivity index (χ4n) is 2.22. The fraction of sp³-hybridized carbons (Fsp3) is 0.308. The molecule has 1 aliphatic rings. The maximum Gasteiger partial charge on any atom is 0.0775 e. The number of aromatic nitrogens is 2. The van der Waals surface area contributed by atoms with Crippen LogP contribution in [0.4, 0.5) is 0 Å². The van der Waals surface area contributed by atoms with Crippen LogP contribution in [0, 0.1) is 0 Å². The van der Waals surface area contributed by atoms with Crippen LogP contribution in [0.3, 0.4) is 0 Å². The number of benzene rings is 1. The zero-order valence-corrected chi connectivity index (χ0v) is 9.54. The highest BCUT2D eigenvalue weighted by molar-refractivity contribution is 5.39. The average molecular weight is 229 g/mol. The number of hydrogen-bond acceptors (Lipinski definition) is 3. The third-order valence-corrected chi connectivity index (χ3v) is 3.46. The summed E-state index contributed by atoms with van der Waals surface area (Å²) in [6.45, 7) is 0.605. The molecule has 2 N–H and O–H groups in total. The molecule has 4 nitrogen and oxygen atoms in total. The van der Waals surface area contributed by atoms with Gasteiger partial charge >= 0.3 is 0 Å². The molecule has 1 heterocycles. The van der Waals surface area contributed by atoms with Crippen LogP contribution in [-0.4, -0.2) is 16.4 Å².